The number of carbonyl (C=O) groups is 3. The minimum atomic E-state index is -1.02. The Balaban J connectivity index is 2.26. The van der Waals surface area contributed by atoms with Gasteiger partial charge in [-0.05, 0) is 5.56 Å². The van der Waals surface area contributed by atoms with E-state index in [4.69, 9.17) is 9.47 Å². The maximum Gasteiger partial charge on any atom is 0.310 e. The zero-order chi connectivity index (χ0) is 17.6. The topological polar surface area (TPSA) is 113 Å². The molecule has 3 aliphatic rings. The summed E-state index contributed by atoms with van der Waals surface area (Å²) in [7, 11) is 2.36. The molecule has 0 spiro atoms. The van der Waals surface area contributed by atoms with Crippen molar-refractivity contribution in [2.45, 2.75) is 18.3 Å². The zero-order valence-electron chi connectivity index (χ0n) is 13.1. The van der Waals surface area contributed by atoms with E-state index in [0.29, 0.717) is 11.1 Å². The highest BCUT2D eigenvalue weighted by molar-refractivity contribution is 5.99. The smallest absolute Gasteiger partial charge is 0.310 e. The third kappa shape index (κ3) is 2.10. The first-order chi connectivity index (χ1) is 11.4. The van der Waals surface area contributed by atoms with Gasteiger partial charge in [0.05, 0.1) is 36.9 Å². The molecule has 8 heteroatoms. The summed E-state index contributed by atoms with van der Waals surface area (Å²) in [5.74, 6) is -5.27. The molecular weight excluding hydrogens is 318 g/mol. The second-order valence-corrected chi connectivity index (χ2v) is 5.89. The van der Waals surface area contributed by atoms with Crippen molar-refractivity contribution >= 4 is 23.4 Å². The minimum absolute atomic E-state index is 0.0320. The molecule has 1 fully saturated rings. The number of ether oxygens (including phenoxy) is 2. The molecule has 2 bridgehead atoms. The van der Waals surface area contributed by atoms with E-state index in [9.17, 15) is 24.5 Å². The Morgan fingerprint density at radius 1 is 1.17 bits per heavy atom. The average Bonchev–Trinajstić information content (AvgIpc) is 2.59. The molecule has 0 radical (unpaired) electrons. The first-order valence-corrected chi connectivity index (χ1v) is 7.38. The van der Waals surface area contributed by atoms with Crippen molar-refractivity contribution in [3.05, 3.63) is 39.4 Å². The Hall–Kier alpha value is -2.77. The lowest BCUT2D eigenvalue weighted by atomic mass is 9.55. The molecule has 3 aliphatic carbocycles. The molecule has 4 rings (SSSR count). The largest absolute Gasteiger partial charge is 0.469 e. The Morgan fingerprint density at radius 2 is 1.79 bits per heavy atom. The van der Waals surface area contributed by atoms with Crippen LogP contribution in [0, 0.1) is 22.0 Å². The average molecular weight is 333 g/mol. The van der Waals surface area contributed by atoms with Crippen LogP contribution in [0.15, 0.2) is 18.2 Å². The fourth-order valence-corrected chi connectivity index (χ4v) is 4.05. The van der Waals surface area contributed by atoms with Gasteiger partial charge in [0.2, 0.25) is 0 Å². The molecule has 0 aliphatic heterocycles. The summed E-state index contributed by atoms with van der Waals surface area (Å²) >= 11 is 0. The van der Waals surface area contributed by atoms with Gasteiger partial charge in [-0.1, -0.05) is 12.1 Å². The fraction of sp³-hybridized carbons (Fsp3) is 0.438. The summed E-state index contributed by atoms with van der Waals surface area (Å²) in [5.41, 5.74) is 0.635. The second-order valence-electron chi connectivity index (χ2n) is 5.89. The number of benzene rings is 1. The molecule has 0 N–H and O–H groups in total. The lowest BCUT2D eigenvalue weighted by Gasteiger charge is -2.45. The van der Waals surface area contributed by atoms with Gasteiger partial charge in [-0.2, -0.15) is 0 Å². The SMILES string of the molecule is COC(=O)[C@H]1[C@H](C(=O)OC)[C@H]2C(=O)C[C@H]1c1c2cccc1[N+](=O)[O-]. The number of hydrogen-bond donors (Lipinski definition) is 0. The lowest BCUT2D eigenvalue weighted by molar-refractivity contribution is -0.386. The monoisotopic (exact) mass is 333 g/mol. The standard InChI is InChI=1S/C16H15NO7/c1-23-15(19)13-8-6-10(18)12(14(13)16(20)24-2)7-4-3-5-9(11(7)8)17(21)22/h3-5,8,12-14H,6H2,1-2H3/t8-,12+,13+,14+/m0/s1. The third-order valence-electron chi connectivity index (χ3n) is 4.91. The Morgan fingerprint density at radius 3 is 2.38 bits per heavy atom. The van der Waals surface area contributed by atoms with Crippen LogP contribution in [0.4, 0.5) is 5.69 Å². The Bertz CT molecular complexity index is 757. The van der Waals surface area contributed by atoms with Gasteiger partial charge >= 0.3 is 11.9 Å². The van der Waals surface area contributed by atoms with Crippen LogP contribution in [0.2, 0.25) is 0 Å². The van der Waals surface area contributed by atoms with E-state index in [1.165, 1.54) is 26.4 Å². The van der Waals surface area contributed by atoms with Gasteiger partial charge in [0.25, 0.3) is 5.69 Å². The van der Waals surface area contributed by atoms with Crippen LogP contribution in [0.5, 0.6) is 0 Å². The molecule has 24 heavy (non-hydrogen) atoms. The quantitative estimate of drug-likeness (QED) is 0.466. The molecule has 0 amide bonds. The van der Waals surface area contributed by atoms with E-state index in [1.54, 1.807) is 6.07 Å². The molecule has 0 heterocycles. The van der Waals surface area contributed by atoms with Gasteiger partial charge in [0.1, 0.15) is 5.78 Å². The van der Waals surface area contributed by atoms with Gasteiger partial charge in [-0.3, -0.25) is 24.5 Å². The Labute approximate surface area is 136 Å². The zero-order valence-corrected chi connectivity index (χ0v) is 13.1. The van der Waals surface area contributed by atoms with Crippen LogP contribution in [0.3, 0.4) is 0 Å². The number of esters is 2. The van der Waals surface area contributed by atoms with E-state index in [-0.39, 0.29) is 17.9 Å². The van der Waals surface area contributed by atoms with Crippen LogP contribution in [-0.2, 0) is 23.9 Å². The molecular formula is C16H15NO7. The van der Waals surface area contributed by atoms with E-state index < -0.39 is 40.5 Å². The van der Waals surface area contributed by atoms with Gasteiger partial charge < -0.3 is 9.47 Å². The van der Waals surface area contributed by atoms with E-state index in [1.807, 2.05) is 0 Å². The molecule has 1 saturated carbocycles. The molecule has 126 valence electrons. The van der Waals surface area contributed by atoms with Crippen LogP contribution >= 0.6 is 0 Å². The lowest BCUT2D eigenvalue weighted by Crippen LogP contribution is -2.50. The van der Waals surface area contributed by atoms with E-state index >= 15 is 0 Å². The molecule has 0 saturated heterocycles. The van der Waals surface area contributed by atoms with Crippen molar-refractivity contribution in [1.82, 2.24) is 0 Å². The number of carbonyl (C=O) groups excluding carboxylic acids is 3. The van der Waals surface area contributed by atoms with E-state index in [0.717, 1.165) is 0 Å². The maximum absolute atomic E-state index is 12.5. The predicted molar refractivity (Wildman–Crippen MR) is 79.2 cm³/mol. The van der Waals surface area contributed by atoms with Crippen molar-refractivity contribution < 1.29 is 28.8 Å². The summed E-state index contributed by atoms with van der Waals surface area (Å²) in [4.78, 5) is 47.8. The maximum atomic E-state index is 12.5. The molecule has 8 nitrogen and oxygen atoms in total. The third-order valence-corrected chi connectivity index (χ3v) is 4.91. The predicted octanol–water partition coefficient (Wildman–Crippen LogP) is 1.33. The number of nitro groups is 1. The number of Topliss-reactive ketones (excluding diaryl/α,β-unsaturated/α-hetero) is 1. The number of ketones is 1. The molecule has 0 aromatic heterocycles. The highest BCUT2D eigenvalue weighted by Gasteiger charge is 2.59. The van der Waals surface area contributed by atoms with Crippen molar-refractivity contribution in [1.29, 1.82) is 0 Å². The van der Waals surface area contributed by atoms with Crippen LogP contribution in [-0.4, -0.2) is 36.9 Å². The number of rotatable bonds is 3. The van der Waals surface area contributed by atoms with Gasteiger partial charge in [0, 0.05) is 24.0 Å². The number of nitro benzene ring substituents is 1. The molecule has 1 aromatic rings. The Kier molecular flexibility index (Phi) is 3.82. The molecule has 1 aromatic carbocycles. The van der Waals surface area contributed by atoms with E-state index in [2.05, 4.69) is 0 Å². The van der Waals surface area contributed by atoms with Crippen LogP contribution in [0.1, 0.15) is 29.4 Å². The summed E-state index contributed by atoms with van der Waals surface area (Å²) in [5, 5.41) is 11.4. The van der Waals surface area contributed by atoms with Crippen LogP contribution < -0.4 is 0 Å². The number of methoxy groups -OCH3 is 2. The fourth-order valence-electron chi connectivity index (χ4n) is 4.05. The first kappa shape index (κ1) is 16.1. The van der Waals surface area contributed by atoms with Gasteiger partial charge in [0.15, 0.2) is 0 Å². The minimum Gasteiger partial charge on any atom is -0.469 e. The van der Waals surface area contributed by atoms with Crippen molar-refractivity contribution in [2.75, 3.05) is 14.2 Å². The highest BCUT2D eigenvalue weighted by atomic mass is 16.6. The van der Waals surface area contributed by atoms with Gasteiger partial charge in [-0.15, -0.1) is 0 Å². The van der Waals surface area contributed by atoms with Crippen molar-refractivity contribution in [3.63, 3.8) is 0 Å². The number of fused-ring (bicyclic) bond motifs is 2. The summed E-state index contributed by atoms with van der Waals surface area (Å²) < 4.78 is 9.57. The summed E-state index contributed by atoms with van der Waals surface area (Å²) in [6.07, 6.45) is -0.0320. The highest BCUT2D eigenvalue weighted by Crippen LogP contribution is 2.56. The summed E-state index contributed by atoms with van der Waals surface area (Å²) in [6.45, 7) is 0. The van der Waals surface area contributed by atoms with Crippen molar-refractivity contribution in [3.8, 4) is 0 Å². The number of nitrogens with zero attached hydrogens (tertiary/aromatic N) is 1. The van der Waals surface area contributed by atoms with Gasteiger partial charge in [-0.25, -0.2) is 0 Å². The van der Waals surface area contributed by atoms with Crippen LogP contribution in [0.25, 0.3) is 0 Å². The first-order valence-electron chi connectivity index (χ1n) is 7.38. The van der Waals surface area contributed by atoms with Crippen molar-refractivity contribution in [2.24, 2.45) is 11.8 Å². The number of hydrogen-bond acceptors (Lipinski definition) is 7. The molecule has 0 unspecified atom stereocenters. The molecule has 4 atom stereocenters. The summed E-state index contributed by atoms with van der Waals surface area (Å²) in [6, 6.07) is 4.42. The second kappa shape index (κ2) is 5.70. The normalized spacial score (nSPS) is 27.3.